The van der Waals surface area contributed by atoms with E-state index >= 15 is 0 Å². The van der Waals surface area contributed by atoms with Gasteiger partial charge < -0.3 is 24.1 Å². The van der Waals surface area contributed by atoms with E-state index in [0.29, 0.717) is 37.7 Å². The first-order chi connectivity index (χ1) is 14.0. The Morgan fingerprint density at radius 3 is 2.72 bits per heavy atom. The van der Waals surface area contributed by atoms with Crippen molar-refractivity contribution in [2.75, 3.05) is 49.2 Å². The Labute approximate surface area is 171 Å². The van der Waals surface area contributed by atoms with E-state index < -0.39 is 23.9 Å². The second-order valence-corrected chi connectivity index (χ2v) is 7.04. The van der Waals surface area contributed by atoms with Crippen molar-refractivity contribution in [2.24, 2.45) is 0 Å². The lowest BCUT2D eigenvalue weighted by atomic mass is 10.2. The zero-order valence-corrected chi connectivity index (χ0v) is 16.2. The maximum absolute atomic E-state index is 14.6. The summed E-state index contributed by atoms with van der Waals surface area (Å²) >= 11 is 5.65. The van der Waals surface area contributed by atoms with Gasteiger partial charge in [0.15, 0.2) is 11.0 Å². The number of carbonyl (C=O) groups is 2. The fraction of sp³-hybridized carbons (Fsp3) is 0.368. The summed E-state index contributed by atoms with van der Waals surface area (Å²) in [4.78, 5) is 27.5. The Balaban J connectivity index is 1.37. The molecule has 3 heterocycles. The lowest BCUT2D eigenvalue weighted by molar-refractivity contribution is 0.0889. The van der Waals surface area contributed by atoms with Crippen LogP contribution in [0.1, 0.15) is 10.6 Å². The molecule has 0 unspecified atom stereocenters. The van der Waals surface area contributed by atoms with Gasteiger partial charge in [0.2, 0.25) is 0 Å². The third kappa shape index (κ3) is 4.30. The summed E-state index contributed by atoms with van der Waals surface area (Å²) in [6.07, 6.45) is -1.16. The van der Waals surface area contributed by atoms with Crippen molar-refractivity contribution in [1.82, 2.24) is 5.32 Å². The van der Waals surface area contributed by atoms with Crippen LogP contribution in [0.25, 0.3) is 0 Å². The van der Waals surface area contributed by atoms with Crippen LogP contribution in [0.4, 0.5) is 20.6 Å². The maximum atomic E-state index is 14.6. The Hall–Kier alpha value is -2.78. The summed E-state index contributed by atoms with van der Waals surface area (Å²) in [5.41, 5.74) is 0.877. The van der Waals surface area contributed by atoms with E-state index in [4.69, 9.17) is 25.5 Å². The maximum Gasteiger partial charge on any atom is 0.414 e. The van der Waals surface area contributed by atoms with E-state index in [1.54, 1.807) is 12.1 Å². The van der Waals surface area contributed by atoms with Crippen LogP contribution in [0.3, 0.4) is 0 Å². The number of anilines is 2. The lowest BCUT2D eigenvalue weighted by Gasteiger charge is -2.29. The first-order valence-electron chi connectivity index (χ1n) is 9.15. The van der Waals surface area contributed by atoms with E-state index in [9.17, 15) is 14.0 Å². The number of hydrogen-bond acceptors (Lipinski definition) is 6. The number of amides is 2. The van der Waals surface area contributed by atoms with Crippen molar-refractivity contribution >= 4 is 35.0 Å². The van der Waals surface area contributed by atoms with Gasteiger partial charge >= 0.3 is 6.09 Å². The molecule has 0 spiro atoms. The Bertz CT molecular complexity index is 915. The van der Waals surface area contributed by atoms with Gasteiger partial charge in [0.1, 0.15) is 11.9 Å². The summed E-state index contributed by atoms with van der Waals surface area (Å²) < 4.78 is 30.2. The molecule has 0 bridgehead atoms. The van der Waals surface area contributed by atoms with Gasteiger partial charge in [0.05, 0.1) is 37.7 Å². The average molecular weight is 424 g/mol. The van der Waals surface area contributed by atoms with Crippen molar-refractivity contribution < 1.29 is 27.9 Å². The van der Waals surface area contributed by atoms with E-state index in [2.05, 4.69) is 5.32 Å². The van der Waals surface area contributed by atoms with Crippen LogP contribution < -0.4 is 15.1 Å². The number of benzene rings is 1. The van der Waals surface area contributed by atoms with Gasteiger partial charge in [-0.15, -0.1) is 0 Å². The predicted octanol–water partition coefficient (Wildman–Crippen LogP) is 2.66. The zero-order valence-electron chi connectivity index (χ0n) is 15.4. The molecule has 8 nitrogen and oxygen atoms in total. The average Bonchev–Trinajstić information content (AvgIpc) is 3.32. The first kappa shape index (κ1) is 19.5. The summed E-state index contributed by atoms with van der Waals surface area (Å²) in [6.45, 7) is 2.62. The fourth-order valence-corrected chi connectivity index (χ4v) is 3.44. The highest BCUT2D eigenvalue weighted by molar-refractivity contribution is 6.29. The summed E-state index contributed by atoms with van der Waals surface area (Å²) in [7, 11) is 0. The van der Waals surface area contributed by atoms with Crippen LogP contribution in [0.5, 0.6) is 0 Å². The molecule has 0 radical (unpaired) electrons. The van der Waals surface area contributed by atoms with Crippen LogP contribution in [0.2, 0.25) is 5.22 Å². The van der Waals surface area contributed by atoms with Gasteiger partial charge in [-0.25, -0.2) is 9.18 Å². The van der Waals surface area contributed by atoms with E-state index in [0.717, 1.165) is 0 Å². The normalized spacial score (nSPS) is 19.4. The smallest absolute Gasteiger partial charge is 0.414 e. The molecule has 1 aromatic carbocycles. The third-order valence-corrected chi connectivity index (χ3v) is 4.96. The first-order valence-corrected chi connectivity index (χ1v) is 9.53. The molecule has 2 aliphatic rings. The van der Waals surface area contributed by atoms with Crippen LogP contribution in [0, 0.1) is 5.82 Å². The van der Waals surface area contributed by atoms with Crippen LogP contribution in [0.15, 0.2) is 34.7 Å². The number of rotatable bonds is 5. The van der Waals surface area contributed by atoms with Crippen molar-refractivity contribution in [3.05, 3.63) is 47.1 Å². The van der Waals surface area contributed by atoms with Crippen LogP contribution >= 0.6 is 11.6 Å². The van der Waals surface area contributed by atoms with E-state index in [-0.39, 0.29) is 24.1 Å². The molecule has 10 heteroatoms. The molecule has 1 aromatic heterocycles. The predicted molar refractivity (Wildman–Crippen MR) is 103 cm³/mol. The minimum absolute atomic E-state index is 0.0666. The van der Waals surface area contributed by atoms with Gasteiger partial charge in [0, 0.05) is 13.1 Å². The molecule has 154 valence electrons. The second kappa shape index (κ2) is 8.30. The number of furan rings is 1. The summed E-state index contributed by atoms with van der Waals surface area (Å²) in [5.74, 6) is -0.812. The quantitative estimate of drug-likeness (QED) is 0.796. The Morgan fingerprint density at radius 2 is 2.03 bits per heavy atom. The second-order valence-electron chi connectivity index (χ2n) is 6.67. The molecule has 0 saturated carbocycles. The molecule has 2 fully saturated rings. The molecular formula is C19H19ClFN3O5. The number of nitrogens with one attached hydrogen (secondary N) is 1. The SMILES string of the molecule is O=C(NC[C@H]1CN(c2ccc(N3CCOCC3)c(F)c2)C(=O)O1)c1ccc(Cl)o1. The van der Waals surface area contributed by atoms with Crippen molar-refractivity contribution in [3.8, 4) is 0 Å². The standard InChI is InChI=1S/C19H19ClFN3O5/c20-17-4-3-16(29-17)18(25)22-10-13-11-24(19(26)28-13)12-1-2-15(14(21)9-12)23-5-7-27-8-6-23/h1-4,9,13H,5-8,10-11H2,(H,22,25)/t13-/m0/s1. The highest BCUT2D eigenvalue weighted by Gasteiger charge is 2.33. The molecule has 4 rings (SSSR count). The molecule has 1 N–H and O–H groups in total. The van der Waals surface area contributed by atoms with Crippen molar-refractivity contribution in [2.45, 2.75) is 6.10 Å². The van der Waals surface area contributed by atoms with Gasteiger partial charge in [-0.2, -0.15) is 0 Å². The minimum atomic E-state index is -0.594. The van der Waals surface area contributed by atoms with Gasteiger partial charge in [0.25, 0.3) is 5.91 Å². The number of ether oxygens (including phenoxy) is 2. The summed E-state index contributed by atoms with van der Waals surface area (Å²) in [5, 5.41) is 2.73. The van der Waals surface area contributed by atoms with Gasteiger partial charge in [-0.1, -0.05) is 0 Å². The zero-order chi connectivity index (χ0) is 20.4. The van der Waals surface area contributed by atoms with E-state index in [1.807, 2.05) is 4.90 Å². The molecule has 1 atom stereocenters. The molecular weight excluding hydrogens is 405 g/mol. The van der Waals surface area contributed by atoms with Gasteiger partial charge in [-0.05, 0) is 41.9 Å². The minimum Gasteiger partial charge on any atom is -0.442 e. The van der Waals surface area contributed by atoms with Crippen LogP contribution in [-0.4, -0.2) is 57.5 Å². The van der Waals surface area contributed by atoms with E-state index in [1.165, 1.54) is 23.1 Å². The number of carbonyl (C=O) groups excluding carboxylic acids is 2. The number of hydrogen-bond donors (Lipinski definition) is 1. The monoisotopic (exact) mass is 423 g/mol. The molecule has 2 aromatic rings. The highest BCUT2D eigenvalue weighted by Crippen LogP contribution is 2.28. The topological polar surface area (TPSA) is 84.2 Å². The van der Waals surface area contributed by atoms with Crippen molar-refractivity contribution in [1.29, 1.82) is 0 Å². The summed E-state index contributed by atoms with van der Waals surface area (Å²) in [6, 6.07) is 7.56. The number of cyclic esters (lactones) is 1. The Morgan fingerprint density at radius 1 is 1.24 bits per heavy atom. The fourth-order valence-electron chi connectivity index (χ4n) is 3.29. The Kier molecular flexibility index (Phi) is 5.59. The highest BCUT2D eigenvalue weighted by atomic mass is 35.5. The third-order valence-electron chi connectivity index (χ3n) is 4.76. The lowest BCUT2D eigenvalue weighted by Crippen LogP contribution is -2.37. The number of morpholine rings is 1. The molecule has 2 aliphatic heterocycles. The van der Waals surface area contributed by atoms with Crippen molar-refractivity contribution in [3.63, 3.8) is 0 Å². The molecule has 29 heavy (non-hydrogen) atoms. The molecule has 2 amide bonds. The number of nitrogens with zero attached hydrogens (tertiary/aromatic N) is 2. The molecule has 0 aliphatic carbocycles. The van der Waals surface area contributed by atoms with Gasteiger partial charge in [-0.3, -0.25) is 9.69 Å². The molecule has 2 saturated heterocycles. The largest absolute Gasteiger partial charge is 0.442 e. The number of halogens is 2. The van der Waals surface area contributed by atoms with Crippen LogP contribution in [-0.2, 0) is 9.47 Å².